The molecule has 0 aliphatic heterocycles. The number of rotatable bonds is 5. The van der Waals surface area contributed by atoms with Crippen LogP contribution in [0.4, 0.5) is 8.78 Å². The highest BCUT2D eigenvalue weighted by atomic mass is 35.5. The number of H-pyrrole nitrogens is 1. The molecule has 4 N–H and O–H groups in total. The number of nitrogens with zero attached hydrogens (tertiary/aromatic N) is 4. The molecule has 0 saturated carbocycles. The Kier molecular flexibility index (Phi) is 6.64. The zero-order valence-corrected chi connectivity index (χ0v) is 17.3. The van der Waals surface area contributed by atoms with E-state index in [9.17, 15) is 13.6 Å². The molecule has 0 saturated heterocycles. The number of imidazole rings is 1. The Bertz CT molecular complexity index is 1100. The van der Waals surface area contributed by atoms with Gasteiger partial charge in [0.15, 0.2) is 0 Å². The summed E-state index contributed by atoms with van der Waals surface area (Å²) in [6.07, 6.45) is 5.98. The number of carbonyl (C=O) groups excluding carboxylic acids is 1. The van der Waals surface area contributed by atoms with Crippen LogP contribution in [0.3, 0.4) is 0 Å². The molecule has 2 atom stereocenters. The van der Waals surface area contributed by atoms with Crippen LogP contribution >= 0.6 is 24.6 Å². The molecule has 1 aliphatic rings. The number of nitrogens with two attached hydrogens (primary N) is 1. The van der Waals surface area contributed by atoms with E-state index in [2.05, 4.69) is 20.5 Å². The highest BCUT2D eigenvalue weighted by Gasteiger charge is 2.25. The van der Waals surface area contributed by atoms with E-state index in [0.29, 0.717) is 40.9 Å². The summed E-state index contributed by atoms with van der Waals surface area (Å²) in [7, 11) is 0. The number of aromatic nitrogens is 5. The molecular weight excluding hydrogens is 436 g/mol. The SMILES string of the molecule is Cl.NC(CC(=O)Nn1cnn(C2CCc3c(F)cc(F)cc3C2)c1=S)c1cnc[nH]1. The quantitative estimate of drug-likeness (QED) is 0.513. The Morgan fingerprint density at radius 3 is 2.97 bits per heavy atom. The molecule has 12 heteroatoms. The average molecular weight is 456 g/mol. The molecule has 0 spiro atoms. The number of benzene rings is 1. The zero-order valence-electron chi connectivity index (χ0n) is 15.7. The Morgan fingerprint density at radius 1 is 1.43 bits per heavy atom. The number of carbonyl (C=O) groups is 1. The molecule has 8 nitrogen and oxygen atoms in total. The van der Waals surface area contributed by atoms with Crippen LogP contribution in [0.15, 0.2) is 31.0 Å². The molecule has 0 bridgehead atoms. The lowest BCUT2D eigenvalue weighted by Crippen LogP contribution is -2.27. The van der Waals surface area contributed by atoms with Crippen molar-refractivity contribution in [2.75, 3.05) is 5.43 Å². The molecule has 2 aromatic heterocycles. The van der Waals surface area contributed by atoms with Gasteiger partial charge < -0.3 is 10.7 Å². The minimum absolute atomic E-state index is 0. The van der Waals surface area contributed by atoms with Gasteiger partial charge in [0.25, 0.3) is 0 Å². The molecule has 1 aromatic carbocycles. The van der Waals surface area contributed by atoms with Crippen LogP contribution < -0.4 is 11.2 Å². The predicted octanol–water partition coefficient (Wildman–Crippen LogP) is 2.73. The largest absolute Gasteiger partial charge is 0.347 e. The van der Waals surface area contributed by atoms with E-state index in [4.69, 9.17) is 18.0 Å². The number of fused-ring (bicyclic) bond motifs is 1. The van der Waals surface area contributed by atoms with Gasteiger partial charge in [0, 0.05) is 18.7 Å². The second-order valence-electron chi connectivity index (χ2n) is 7.00. The first-order chi connectivity index (χ1) is 13.9. The Hall–Kier alpha value is -2.63. The number of hydrogen-bond acceptors (Lipinski definition) is 5. The smallest absolute Gasteiger partial charge is 0.240 e. The lowest BCUT2D eigenvalue weighted by atomic mass is 9.88. The first-order valence-corrected chi connectivity index (χ1v) is 9.50. The second-order valence-corrected chi connectivity index (χ2v) is 7.37. The first-order valence-electron chi connectivity index (χ1n) is 9.09. The molecule has 2 unspecified atom stereocenters. The Balaban J connectivity index is 0.00000256. The number of hydrogen-bond donors (Lipinski definition) is 3. The second kappa shape index (κ2) is 9.02. The summed E-state index contributed by atoms with van der Waals surface area (Å²) in [5.74, 6) is -1.45. The van der Waals surface area contributed by atoms with E-state index in [1.54, 1.807) is 10.9 Å². The van der Waals surface area contributed by atoms with E-state index >= 15 is 0 Å². The minimum atomic E-state index is -0.600. The van der Waals surface area contributed by atoms with Crippen LogP contribution in [-0.2, 0) is 17.6 Å². The number of amides is 1. The van der Waals surface area contributed by atoms with Gasteiger partial charge in [-0.25, -0.2) is 23.1 Å². The van der Waals surface area contributed by atoms with Crippen LogP contribution in [-0.4, -0.2) is 30.3 Å². The van der Waals surface area contributed by atoms with Gasteiger partial charge in [-0.2, -0.15) is 5.10 Å². The van der Waals surface area contributed by atoms with Gasteiger partial charge in [0.05, 0.1) is 24.1 Å². The van der Waals surface area contributed by atoms with Gasteiger partial charge in [0.2, 0.25) is 10.7 Å². The van der Waals surface area contributed by atoms with Crippen molar-refractivity contribution in [1.82, 2.24) is 24.4 Å². The van der Waals surface area contributed by atoms with Crippen molar-refractivity contribution < 1.29 is 13.6 Å². The lowest BCUT2D eigenvalue weighted by molar-refractivity contribution is -0.117. The van der Waals surface area contributed by atoms with Crippen LogP contribution in [0, 0.1) is 16.4 Å². The number of halogens is 3. The van der Waals surface area contributed by atoms with Crippen molar-refractivity contribution in [2.45, 2.75) is 37.8 Å². The highest BCUT2D eigenvalue weighted by molar-refractivity contribution is 7.71. The summed E-state index contributed by atoms with van der Waals surface area (Å²) in [5.41, 5.74) is 10.4. The maximum atomic E-state index is 13.9. The molecule has 0 fully saturated rings. The van der Waals surface area contributed by atoms with Crippen molar-refractivity contribution in [3.05, 3.63) is 64.2 Å². The molecule has 1 amide bonds. The van der Waals surface area contributed by atoms with Gasteiger partial charge in [-0.05, 0) is 48.7 Å². The van der Waals surface area contributed by atoms with Gasteiger partial charge in [-0.1, -0.05) is 0 Å². The Morgan fingerprint density at radius 2 is 2.23 bits per heavy atom. The van der Waals surface area contributed by atoms with Gasteiger partial charge in [-0.15, -0.1) is 12.4 Å². The third-order valence-corrected chi connectivity index (χ3v) is 5.43. The maximum Gasteiger partial charge on any atom is 0.240 e. The van der Waals surface area contributed by atoms with Crippen LogP contribution in [0.25, 0.3) is 0 Å². The van der Waals surface area contributed by atoms with Crippen molar-refractivity contribution in [3.8, 4) is 0 Å². The fraction of sp³-hybridized carbons (Fsp3) is 0.333. The van der Waals surface area contributed by atoms with E-state index < -0.39 is 17.7 Å². The molecule has 3 aromatic rings. The monoisotopic (exact) mass is 455 g/mol. The van der Waals surface area contributed by atoms with E-state index in [1.165, 1.54) is 23.4 Å². The molecule has 1 aliphatic carbocycles. The van der Waals surface area contributed by atoms with Crippen LogP contribution in [0.1, 0.15) is 41.7 Å². The van der Waals surface area contributed by atoms with Gasteiger partial charge in [-0.3, -0.25) is 10.2 Å². The summed E-state index contributed by atoms with van der Waals surface area (Å²) in [4.78, 5) is 19.0. The fourth-order valence-electron chi connectivity index (χ4n) is 3.60. The normalized spacial score (nSPS) is 16.4. The van der Waals surface area contributed by atoms with Gasteiger partial charge in [0.1, 0.15) is 18.0 Å². The summed E-state index contributed by atoms with van der Waals surface area (Å²) in [6, 6.07) is 1.58. The topological polar surface area (TPSA) is 107 Å². The lowest BCUT2D eigenvalue weighted by Gasteiger charge is -2.25. The molecule has 2 heterocycles. The molecule has 0 radical (unpaired) electrons. The number of nitrogens with one attached hydrogen (secondary N) is 2. The summed E-state index contributed by atoms with van der Waals surface area (Å²) in [6.45, 7) is 0. The average Bonchev–Trinajstić information content (AvgIpc) is 3.32. The summed E-state index contributed by atoms with van der Waals surface area (Å²) in [5, 5.41) is 4.27. The zero-order chi connectivity index (χ0) is 20.5. The third kappa shape index (κ3) is 4.42. The van der Waals surface area contributed by atoms with Gasteiger partial charge >= 0.3 is 0 Å². The standard InChI is InChI=1S/C18H19F2N7OS.ClH/c19-11-3-10-4-12(1-2-13(10)14(20)5-11)27-18(29)26(9-24-27)25-17(28)6-15(21)16-7-22-8-23-16;/h3,5,7-9,12,15H,1-2,4,6,21H2,(H,22,23)(H,25,28);1H. The maximum absolute atomic E-state index is 13.9. The molecule has 30 heavy (non-hydrogen) atoms. The predicted molar refractivity (Wildman–Crippen MR) is 110 cm³/mol. The number of aromatic amines is 1. The minimum Gasteiger partial charge on any atom is -0.347 e. The van der Waals surface area contributed by atoms with Crippen molar-refractivity contribution in [1.29, 1.82) is 0 Å². The molecular formula is C18H20ClF2N7OS. The van der Waals surface area contributed by atoms with E-state index in [1.807, 2.05) is 0 Å². The summed E-state index contributed by atoms with van der Waals surface area (Å²) < 4.78 is 30.7. The van der Waals surface area contributed by atoms with Crippen LogP contribution in [0.5, 0.6) is 0 Å². The molecule has 160 valence electrons. The van der Waals surface area contributed by atoms with Crippen molar-refractivity contribution in [2.24, 2.45) is 5.73 Å². The van der Waals surface area contributed by atoms with Crippen molar-refractivity contribution >= 4 is 30.5 Å². The van der Waals surface area contributed by atoms with E-state index in [-0.39, 0.29) is 30.8 Å². The first kappa shape index (κ1) is 22.1. The highest BCUT2D eigenvalue weighted by Crippen LogP contribution is 2.31. The molecule has 4 rings (SSSR count). The third-order valence-electron chi connectivity index (χ3n) is 5.04. The Labute approximate surface area is 181 Å². The van der Waals surface area contributed by atoms with Crippen molar-refractivity contribution in [3.63, 3.8) is 0 Å². The summed E-state index contributed by atoms with van der Waals surface area (Å²) >= 11 is 5.42. The van der Waals surface area contributed by atoms with Crippen LogP contribution in [0.2, 0.25) is 0 Å². The van der Waals surface area contributed by atoms with E-state index in [0.717, 1.165) is 6.07 Å². The fourth-order valence-corrected chi connectivity index (χ4v) is 3.89.